The van der Waals surface area contributed by atoms with E-state index >= 15 is 0 Å². The van der Waals surface area contributed by atoms with E-state index < -0.39 is 0 Å². The van der Waals surface area contributed by atoms with Crippen LogP contribution in [0.15, 0.2) is 18.2 Å². The first-order chi connectivity index (χ1) is 8.42. The summed E-state index contributed by atoms with van der Waals surface area (Å²) in [4.78, 5) is 0. The number of morpholine rings is 1. The van der Waals surface area contributed by atoms with E-state index in [1.54, 1.807) is 0 Å². The highest BCUT2D eigenvalue weighted by Crippen LogP contribution is 2.26. The fourth-order valence-electron chi connectivity index (χ4n) is 2.55. The SMILES string of the molecule is c1cc2c(cc1OCC1CNCCO1)CCC2. The third kappa shape index (κ3) is 2.61. The molecule has 17 heavy (non-hydrogen) atoms. The van der Waals surface area contributed by atoms with Crippen molar-refractivity contribution in [1.82, 2.24) is 5.32 Å². The third-order valence-corrected chi connectivity index (χ3v) is 3.51. The van der Waals surface area contributed by atoms with E-state index in [2.05, 4.69) is 23.5 Å². The molecule has 1 aliphatic heterocycles. The van der Waals surface area contributed by atoms with E-state index in [0.29, 0.717) is 6.61 Å². The molecule has 0 bridgehead atoms. The van der Waals surface area contributed by atoms with Gasteiger partial charge in [0.1, 0.15) is 18.5 Å². The minimum absolute atomic E-state index is 0.192. The molecule has 1 atom stereocenters. The van der Waals surface area contributed by atoms with Crippen LogP contribution in [-0.2, 0) is 17.6 Å². The summed E-state index contributed by atoms with van der Waals surface area (Å²) in [7, 11) is 0. The van der Waals surface area contributed by atoms with Crippen molar-refractivity contribution in [3.8, 4) is 5.75 Å². The molecule has 92 valence electrons. The molecular formula is C14H19NO2. The first kappa shape index (κ1) is 11.1. The van der Waals surface area contributed by atoms with E-state index in [4.69, 9.17) is 9.47 Å². The second kappa shape index (κ2) is 5.07. The Bertz CT molecular complexity index is 386. The molecule has 0 radical (unpaired) electrons. The zero-order valence-electron chi connectivity index (χ0n) is 10.1. The summed E-state index contributed by atoms with van der Waals surface area (Å²) in [5.74, 6) is 0.986. The van der Waals surface area contributed by atoms with Crippen molar-refractivity contribution in [2.45, 2.75) is 25.4 Å². The smallest absolute Gasteiger partial charge is 0.119 e. The third-order valence-electron chi connectivity index (χ3n) is 3.51. The molecule has 1 heterocycles. The van der Waals surface area contributed by atoms with Gasteiger partial charge in [-0.15, -0.1) is 0 Å². The highest BCUT2D eigenvalue weighted by Gasteiger charge is 2.15. The van der Waals surface area contributed by atoms with Gasteiger partial charge in [0, 0.05) is 13.1 Å². The lowest BCUT2D eigenvalue weighted by atomic mass is 10.1. The Morgan fingerprint density at radius 3 is 3.12 bits per heavy atom. The zero-order chi connectivity index (χ0) is 11.5. The molecule has 0 spiro atoms. The maximum absolute atomic E-state index is 5.81. The summed E-state index contributed by atoms with van der Waals surface area (Å²) in [6.45, 7) is 3.28. The number of ether oxygens (including phenoxy) is 2. The Labute approximate surface area is 102 Å². The Balaban J connectivity index is 1.57. The Morgan fingerprint density at radius 1 is 1.29 bits per heavy atom. The van der Waals surface area contributed by atoms with Crippen LogP contribution in [0.25, 0.3) is 0 Å². The molecule has 0 aromatic heterocycles. The van der Waals surface area contributed by atoms with Gasteiger partial charge in [-0.1, -0.05) is 6.07 Å². The van der Waals surface area contributed by atoms with Crippen LogP contribution >= 0.6 is 0 Å². The summed E-state index contributed by atoms with van der Waals surface area (Å²) in [5.41, 5.74) is 2.96. The first-order valence-corrected chi connectivity index (χ1v) is 6.49. The number of hydrogen-bond donors (Lipinski definition) is 1. The minimum Gasteiger partial charge on any atom is -0.491 e. The van der Waals surface area contributed by atoms with E-state index in [9.17, 15) is 0 Å². The molecule has 1 saturated heterocycles. The van der Waals surface area contributed by atoms with E-state index in [0.717, 1.165) is 25.4 Å². The Hall–Kier alpha value is -1.06. The van der Waals surface area contributed by atoms with Crippen molar-refractivity contribution in [2.75, 3.05) is 26.3 Å². The van der Waals surface area contributed by atoms with Gasteiger partial charge in [-0.2, -0.15) is 0 Å². The van der Waals surface area contributed by atoms with Crippen molar-refractivity contribution in [1.29, 1.82) is 0 Å². The monoisotopic (exact) mass is 233 g/mol. The predicted molar refractivity (Wildman–Crippen MR) is 66.6 cm³/mol. The molecule has 1 unspecified atom stereocenters. The topological polar surface area (TPSA) is 30.5 Å². The highest BCUT2D eigenvalue weighted by molar-refractivity contribution is 5.38. The largest absolute Gasteiger partial charge is 0.491 e. The van der Waals surface area contributed by atoms with Gasteiger partial charge in [-0.3, -0.25) is 0 Å². The van der Waals surface area contributed by atoms with Gasteiger partial charge in [0.2, 0.25) is 0 Å². The van der Waals surface area contributed by atoms with Gasteiger partial charge in [-0.25, -0.2) is 0 Å². The summed E-state index contributed by atoms with van der Waals surface area (Å²) < 4.78 is 11.4. The van der Waals surface area contributed by atoms with Crippen molar-refractivity contribution in [3.05, 3.63) is 29.3 Å². The molecule has 3 rings (SSSR count). The maximum Gasteiger partial charge on any atom is 0.119 e. The number of fused-ring (bicyclic) bond motifs is 1. The van der Waals surface area contributed by atoms with Crippen LogP contribution in [0.4, 0.5) is 0 Å². The fraction of sp³-hybridized carbons (Fsp3) is 0.571. The van der Waals surface area contributed by atoms with E-state index in [1.165, 1.54) is 30.4 Å². The van der Waals surface area contributed by atoms with Crippen molar-refractivity contribution >= 4 is 0 Å². The average molecular weight is 233 g/mol. The lowest BCUT2D eigenvalue weighted by Crippen LogP contribution is -2.41. The van der Waals surface area contributed by atoms with Gasteiger partial charge < -0.3 is 14.8 Å². The number of hydrogen-bond acceptors (Lipinski definition) is 3. The standard InChI is InChI=1S/C14H19NO2/c1-2-11-4-5-13(8-12(11)3-1)17-10-14-9-15-6-7-16-14/h4-5,8,14-15H,1-3,6-7,9-10H2. The molecular weight excluding hydrogens is 214 g/mol. The van der Waals surface area contributed by atoms with Gasteiger partial charge in [-0.05, 0) is 42.5 Å². The van der Waals surface area contributed by atoms with Gasteiger partial charge in [0.05, 0.1) is 6.61 Å². The van der Waals surface area contributed by atoms with Crippen molar-refractivity contribution in [3.63, 3.8) is 0 Å². The number of benzene rings is 1. The minimum atomic E-state index is 0.192. The molecule has 2 aliphatic rings. The first-order valence-electron chi connectivity index (χ1n) is 6.49. The van der Waals surface area contributed by atoms with Crippen LogP contribution < -0.4 is 10.1 Å². The Morgan fingerprint density at radius 2 is 2.24 bits per heavy atom. The second-order valence-electron chi connectivity index (χ2n) is 4.79. The molecule has 1 aliphatic carbocycles. The molecule has 1 fully saturated rings. The Kier molecular flexibility index (Phi) is 3.29. The second-order valence-corrected chi connectivity index (χ2v) is 4.79. The number of rotatable bonds is 3. The summed E-state index contributed by atoms with van der Waals surface area (Å²) in [6.07, 6.45) is 3.91. The molecule has 3 heteroatoms. The van der Waals surface area contributed by atoms with E-state index in [1.807, 2.05) is 0 Å². The lowest BCUT2D eigenvalue weighted by Gasteiger charge is -2.23. The molecule has 0 saturated carbocycles. The number of nitrogens with one attached hydrogen (secondary N) is 1. The van der Waals surface area contributed by atoms with Crippen LogP contribution in [-0.4, -0.2) is 32.4 Å². The van der Waals surface area contributed by atoms with Crippen LogP contribution in [0, 0.1) is 0 Å². The fourth-order valence-corrected chi connectivity index (χ4v) is 2.55. The van der Waals surface area contributed by atoms with Crippen LogP contribution in [0.2, 0.25) is 0 Å². The lowest BCUT2D eigenvalue weighted by molar-refractivity contribution is 0.000182. The van der Waals surface area contributed by atoms with E-state index in [-0.39, 0.29) is 6.10 Å². The van der Waals surface area contributed by atoms with Gasteiger partial charge in [0.25, 0.3) is 0 Å². The van der Waals surface area contributed by atoms with Crippen LogP contribution in [0.1, 0.15) is 17.5 Å². The predicted octanol–water partition coefficient (Wildman–Crippen LogP) is 1.54. The molecule has 1 aromatic carbocycles. The maximum atomic E-state index is 5.81. The zero-order valence-corrected chi connectivity index (χ0v) is 10.1. The van der Waals surface area contributed by atoms with Crippen LogP contribution in [0.5, 0.6) is 5.75 Å². The quantitative estimate of drug-likeness (QED) is 0.859. The molecule has 1 N–H and O–H groups in total. The highest BCUT2D eigenvalue weighted by atomic mass is 16.5. The summed E-state index contributed by atoms with van der Waals surface area (Å²) in [5, 5.41) is 3.31. The normalized spacial score (nSPS) is 23.4. The van der Waals surface area contributed by atoms with Crippen molar-refractivity contribution < 1.29 is 9.47 Å². The molecule has 3 nitrogen and oxygen atoms in total. The average Bonchev–Trinajstić information content (AvgIpc) is 2.85. The summed E-state index contributed by atoms with van der Waals surface area (Å²) in [6, 6.07) is 6.48. The van der Waals surface area contributed by atoms with Crippen LogP contribution in [0.3, 0.4) is 0 Å². The molecule has 0 amide bonds. The van der Waals surface area contributed by atoms with Gasteiger partial charge in [0.15, 0.2) is 0 Å². The molecule has 1 aromatic rings. The number of aryl methyl sites for hydroxylation is 2. The van der Waals surface area contributed by atoms with Crippen molar-refractivity contribution in [2.24, 2.45) is 0 Å². The summed E-state index contributed by atoms with van der Waals surface area (Å²) >= 11 is 0. The van der Waals surface area contributed by atoms with Gasteiger partial charge >= 0.3 is 0 Å².